The minimum absolute atomic E-state index is 0.0514. The molecule has 1 aliphatic heterocycles. The van der Waals surface area contributed by atoms with Crippen LogP contribution in [0.2, 0.25) is 0 Å². The Balaban J connectivity index is 1.68. The minimum atomic E-state index is -0.374. The van der Waals surface area contributed by atoms with Gasteiger partial charge in [0, 0.05) is 17.0 Å². The first-order valence-electron chi connectivity index (χ1n) is 10.1. The van der Waals surface area contributed by atoms with E-state index in [1.807, 2.05) is 24.3 Å². The normalized spacial score (nSPS) is 20.1. The number of primary amides is 1. The first kappa shape index (κ1) is 20.2. The number of thioether (sulfide) groups is 1. The summed E-state index contributed by atoms with van der Waals surface area (Å²) >= 11 is 1.33. The van der Waals surface area contributed by atoms with Crippen molar-refractivity contribution in [3.8, 4) is 0 Å². The van der Waals surface area contributed by atoms with Gasteiger partial charge in [-0.15, -0.1) is 11.8 Å². The summed E-state index contributed by atoms with van der Waals surface area (Å²) in [6.07, 6.45) is 10.00. The lowest BCUT2D eigenvalue weighted by Crippen LogP contribution is -2.58. The molecule has 2 amide bonds. The second-order valence-electron chi connectivity index (χ2n) is 7.77. The fourth-order valence-corrected chi connectivity index (χ4v) is 5.24. The van der Waals surface area contributed by atoms with Gasteiger partial charge in [0.05, 0.1) is 11.3 Å². The van der Waals surface area contributed by atoms with Crippen LogP contribution in [0.1, 0.15) is 61.7 Å². The molecule has 0 aromatic heterocycles. The maximum atomic E-state index is 12.9. The minimum Gasteiger partial charge on any atom is -0.369 e. The molecule has 0 radical (unpaired) electrons. The summed E-state index contributed by atoms with van der Waals surface area (Å²) < 4.78 is 0. The average Bonchev–Trinajstić information content (AvgIpc) is 2.72. The van der Waals surface area contributed by atoms with Crippen LogP contribution in [0.25, 0.3) is 0 Å². The molecule has 5 nitrogen and oxygen atoms in total. The maximum Gasteiger partial charge on any atom is 0.252 e. The van der Waals surface area contributed by atoms with Gasteiger partial charge in [-0.1, -0.05) is 37.8 Å². The molecule has 3 N–H and O–H groups in total. The summed E-state index contributed by atoms with van der Waals surface area (Å²) in [5, 5.41) is 3.22. The van der Waals surface area contributed by atoms with E-state index < -0.39 is 0 Å². The zero-order chi connectivity index (χ0) is 19.1. The Labute approximate surface area is 166 Å². The number of piperidine rings is 1. The van der Waals surface area contributed by atoms with Crippen LogP contribution >= 0.6 is 11.8 Å². The van der Waals surface area contributed by atoms with Crippen molar-refractivity contribution in [1.82, 2.24) is 10.2 Å². The third-order valence-electron chi connectivity index (χ3n) is 5.89. The highest BCUT2D eigenvalue weighted by atomic mass is 32.2. The Morgan fingerprint density at radius 3 is 2.41 bits per heavy atom. The number of hydrogen-bond acceptors (Lipinski definition) is 4. The van der Waals surface area contributed by atoms with Gasteiger partial charge >= 0.3 is 0 Å². The third-order valence-corrected chi connectivity index (χ3v) is 6.99. The monoisotopic (exact) mass is 389 g/mol. The fourth-order valence-electron chi connectivity index (χ4n) is 4.45. The lowest BCUT2D eigenvalue weighted by Gasteiger charge is -2.48. The van der Waals surface area contributed by atoms with Crippen LogP contribution in [0.4, 0.5) is 0 Å². The summed E-state index contributed by atoms with van der Waals surface area (Å²) in [5.41, 5.74) is 6.00. The van der Waals surface area contributed by atoms with Gasteiger partial charge in [-0.05, 0) is 50.9 Å². The molecule has 1 aromatic rings. The fraction of sp³-hybridized carbons (Fsp3) is 0.619. The van der Waals surface area contributed by atoms with Crippen LogP contribution in [0.15, 0.2) is 29.2 Å². The number of carbonyl (C=O) groups excluding carboxylic acids is 2. The van der Waals surface area contributed by atoms with Gasteiger partial charge in [0.1, 0.15) is 0 Å². The van der Waals surface area contributed by atoms with E-state index in [2.05, 4.69) is 10.2 Å². The first-order chi connectivity index (χ1) is 13.1. The number of nitrogens with zero attached hydrogens (tertiary/aromatic N) is 1. The third kappa shape index (κ3) is 5.26. The molecule has 0 atom stereocenters. The van der Waals surface area contributed by atoms with E-state index in [-0.39, 0.29) is 23.1 Å². The number of likely N-dealkylation sites (tertiary alicyclic amines) is 1. The number of carbonyl (C=O) groups is 2. The predicted octanol–water partition coefficient (Wildman–Crippen LogP) is 3.18. The summed E-state index contributed by atoms with van der Waals surface area (Å²) in [6, 6.07) is 7.46. The molecule has 3 rings (SSSR count). The highest BCUT2D eigenvalue weighted by Gasteiger charge is 2.38. The van der Waals surface area contributed by atoms with Gasteiger partial charge in [0.2, 0.25) is 5.91 Å². The smallest absolute Gasteiger partial charge is 0.252 e. The number of rotatable bonds is 7. The van der Waals surface area contributed by atoms with Crippen molar-refractivity contribution < 1.29 is 9.59 Å². The summed E-state index contributed by atoms with van der Waals surface area (Å²) in [7, 11) is 0. The van der Waals surface area contributed by atoms with Gasteiger partial charge < -0.3 is 11.1 Å². The molecule has 6 heteroatoms. The van der Waals surface area contributed by atoms with E-state index >= 15 is 0 Å². The van der Waals surface area contributed by atoms with Crippen molar-refractivity contribution in [1.29, 1.82) is 0 Å². The van der Waals surface area contributed by atoms with Crippen LogP contribution in [0.3, 0.4) is 0 Å². The molecular weight excluding hydrogens is 358 g/mol. The molecule has 0 unspecified atom stereocenters. The zero-order valence-corrected chi connectivity index (χ0v) is 16.9. The maximum absolute atomic E-state index is 12.9. The van der Waals surface area contributed by atoms with Crippen molar-refractivity contribution in [3.63, 3.8) is 0 Å². The molecule has 1 saturated carbocycles. The standard InChI is InChI=1S/C21H31N3O2S/c22-19(25)15-27-18-10-4-3-9-17(18)20(26)23-16-21(11-5-1-6-12-21)24-13-7-2-8-14-24/h3-4,9-10H,1-2,5-8,11-16H2,(H2,22,25)(H,23,26). The second-order valence-corrected chi connectivity index (χ2v) is 8.78. The molecule has 0 bridgehead atoms. The van der Waals surface area contributed by atoms with Gasteiger partial charge in [-0.2, -0.15) is 0 Å². The molecule has 148 valence electrons. The van der Waals surface area contributed by atoms with Crippen molar-refractivity contribution in [2.45, 2.75) is 61.8 Å². The van der Waals surface area contributed by atoms with Crippen LogP contribution in [0.5, 0.6) is 0 Å². The van der Waals surface area contributed by atoms with E-state index in [0.29, 0.717) is 12.1 Å². The van der Waals surface area contributed by atoms with Crippen molar-refractivity contribution >= 4 is 23.6 Å². The molecular formula is C21H31N3O2S. The molecule has 1 heterocycles. The SMILES string of the molecule is NC(=O)CSc1ccccc1C(=O)NCC1(N2CCCCC2)CCCCC1. The Bertz CT molecular complexity index is 653. The van der Waals surface area contributed by atoms with E-state index in [9.17, 15) is 9.59 Å². The van der Waals surface area contributed by atoms with Crippen molar-refractivity contribution in [2.75, 3.05) is 25.4 Å². The number of benzene rings is 1. The predicted molar refractivity (Wildman–Crippen MR) is 110 cm³/mol. The van der Waals surface area contributed by atoms with Gasteiger partial charge in [0.25, 0.3) is 5.91 Å². The summed E-state index contributed by atoms with van der Waals surface area (Å²) in [4.78, 5) is 27.5. The summed E-state index contributed by atoms with van der Waals surface area (Å²) in [6.45, 7) is 3.02. The van der Waals surface area contributed by atoms with Gasteiger partial charge in [0.15, 0.2) is 0 Å². The van der Waals surface area contributed by atoms with Crippen molar-refractivity contribution in [2.24, 2.45) is 5.73 Å². The number of amides is 2. The molecule has 1 aliphatic carbocycles. The molecule has 1 aromatic carbocycles. The molecule has 27 heavy (non-hydrogen) atoms. The van der Waals surface area contributed by atoms with Crippen LogP contribution in [-0.4, -0.2) is 47.6 Å². The topological polar surface area (TPSA) is 75.4 Å². The summed E-state index contributed by atoms with van der Waals surface area (Å²) in [5.74, 6) is -0.242. The molecule has 2 aliphatic rings. The van der Waals surface area contributed by atoms with Crippen molar-refractivity contribution in [3.05, 3.63) is 29.8 Å². The molecule has 0 spiro atoms. The number of nitrogens with one attached hydrogen (secondary N) is 1. The average molecular weight is 390 g/mol. The Morgan fingerprint density at radius 2 is 1.70 bits per heavy atom. The lowest BCUT2D eigenvalue weighted by molar-refractivity contribution is -0.115. The van der Waals surface area contributed by atoms with E-state index in [4.69, 9.17) is 5.73 Å². The first-order valence-corrected chi connectivity index (χ1v) is 11.1. The number of nitrogens with two attached hydrogens (primary N) is 1. The van der Waals surface area contributed by atoms with E-state index in [0.717, 1.165) is 18.0 Å². The molecule has 1 saturated heterocycles. The molecule has 2 fully saturated rings. The van der Waals surface area contributed by atoms with Crippen LogP contribution < -0.4 is 11.1 Å². The Morgan fingerprint density at radius 1 is 1.04 bits per heavy atom. The van der Waals surface area contributed by atoms with E-state index in [1.165, 1.54) is 63.1 Å². The van der Waals surface area contributed by atoms with E-state index in [1.54, 1.807) is 0 Å². The second kappa shape index (κ2) is 9.60. The Hall–Kier alpha value is -1.53. The van der Waals surface area contributed by atoms with Crippen LogP contribution in [0, 0.1) is 0 Å². The van der Waals surface area contributed by atoms with Gasteiger partial charge in [-0.3, -0.25) is 14.5 Å². The van der Waals surface area contributed by atoms with Crippen LogP contribution in [-0.2, 0) is 4.79 Å². The number of hydrogen-bond donors (Lipinski definition) is 2. The highest BCUT2D eigenvalue weighted by molar-refractivity contribution is 8.00. The lowest BCUT2D eigenvalue weighted by atomic mass is 9.79. The zero-order valence-electron chi connectivity index (χ0n) is 16.0. The Kier molecular flexibility index (Phi) is 7.19. The van der Waals surface area contributed by atoms with Gasteiger partial charge in [-0.25, -0.2) is 0 Å². The quantitative estimate of drug-likeness (QED) is 0.702. The largest absolute Gasteiger partial charge is 0.369 e. The highest BCUT2D eigenvalue weighted by Crippen LogP contribution is 2.35.